The van der Waals surface area contributed by atoms with E-state index in [1.165, 1.54) is 0 Å². The van der Waals surface area contributed by atoms with Crippen molar-refractivity contribution in [3.63, 3.8) is 0 Å². The molecule has 19 heavy (non-hydrogen) atoms. The monoisotopic (exact) mass is 280 g/mol. The second-order valence-electron chi connectivity index (χ2n) is 3.18. The predicted octanol–water partition coefficient (Wildman–Crippen LogP) is 1.62. The van der Waals surface area contributed by atoms with Gasteiger partial charge < -0.3 is 28.5 Å². The molecular weight excluding hydrogens is 271 g/mol. The third kappa shape index (κ3) is 3.02. The van der Waals surface area contributed by atoms with Crippen LogP contribution in [-0.4, -0.2) is 29.9 Å². The average molecular weight is 280 g/mol. The molecule has 9 nitrogen and oxygen atoms in total. The van der Waals surface area contributed by atoms with E-state index < -0.39 is 8.60 Å². The lowest BCUT2D eigenvalue weighted by molar-refractivity contribution is 0.357. The van der Waals surface area contributed by atoms with Crippen LogP contribution in [0, 0.1) is 0 Å². The number of aromatic nitrogens is 6. The molecule has 98 valence electrons. The summed E-state index contributed by atoms with van der Waals surface area (Å²) >= 11 is 0. The maximum absolute atomic E-state index is 5.43. The van der Waals surface area contributed by atoms with Crippen molar-refractivity contribution in [3.05, 3.63) is 37.2 Å². The first-order chi connectivity index (χ1) is 9.40. The summed E-state index contributed by atoms with van der Waals surface area (Å²) in [7, 11) is -1.79. The molecular formula is C9H9N6O3P. The van der Waals surface area contributed by atoms with E-state index in [1.807, 2.05) is 0 Å². The molecule has 3 heterocycles. The quantitative estimate of drug-likeness (QED) is 0.591. The summed E-state index contributed by atoms with van der Waals surface area (Å²) in [5.41, 5.74) is 0. The average Bonchev–Trinajstić information content (AvgIpc) is 3.10. The van der Waals surface area contributed by atoms with Crippen LogP contribution in [-0.2, 0) is 0 Å². The van der Waals surface area contributed by atoms with Gasteiger partial charge >= 0.3 is 26.6 Å². The van der Waals surface area contributed by atoms with Crippen LogP contribution in [0.2, 0.25) is 0 Å². The highest BCUT2D eigenvalue weighted by Crippen LogP contribution is 2.38. The summed E-state index contributed by atoms with van der Waals surface area (Å²) in [6.45, 7) is 0. The zero-order chi connectivity index (χ0) is 12.9. The minimum atomic E-state index is -1.79. The van der Waals surface area contributed by atoms with Gasteiger partial charge in [-0.25, -0.2) is 15.0 Å². The standard InChI is InChI=1S/C9H9N6O3P/c1-2-11-7(10-1)16-19(17-8-12-3-4-13-8)18-9-14-5-6-15-9/h1-6H,(H,10,11)(H,12,13)(H,14,15). The molecule has 3 N–H and O–H groups in total. The van der Waals surface area contributed by atoms with E-state index in [2.05, 4.69) is 29.9 Å². The number of aromatic amines is 3. The van der Waals surface area contributed by atoms with Gasteiger partial charge in [0.25, 0.3) is 0 Å². The highest BCUT2D eigenvalue weighted by Gasteiger charge is 2.23. The Morgan fingerprint density at radius 1 is 0.684 bits per heavy atom. The van der Waals surface area contributed by atoms with Gasteiger partial charge in [0, 0.05) is 37.2 Å². The van der Waals surface area contributed by atoms with E-state index in [4.69, 9.17) is 13.6 Å². The van der Waals surface area contributed by atoms with E-state index in [0.29, 0.717) is 0 Å². The van der Waals surface area contributed by atoms with Gasteiger partial charge in [-0.05, 0) is 0 Å². The molecule has 0 atom stereocenters. The fourth-order valence-electron chi connectivity index (χ4n) is 1.17. The van der Waals surface area contributed by atoms with Gasteiger partial charge in [-0.2, -0.15) is 0 Å². The van der Waals surface area contributed by atoms with E-state index in [1.54, 1.807) is 37.2 Å². The normalized spacial score (nSPS) is 10.6. The first-order valence-electron chi connectivity index (χ1n) is 5.22. The second kappa shape index (κ2) is 5.40. The van der Waals surface area contributed by atoms with Crippen LogP contribution in [0.3, 0.4) is 0 Å². The third-order valence-electron chi connectivity index (χ3n) is 1.90. The molecule has 0 aliphatic carbocycles. The molecule has 0 aromatic carbocycles. The lowest BCUT2D eigenvalue weighted by atomic mass is 11.0. The summed E-state index contributed by atoms with van der Waals surface area (Å²) in [5, 5.41) is 0. The Hall–Kier alpha value is -2.54. The number of H-pyrrole nitrogens is 3. The number of rotatable bonds is 6. The summed E-state index contributed by atoms with van der Waals surface area (Å²) in [5.74, 6) is 0. The highest BCUT2D eigenvalue weighted by atomic mass is 31.2. The minimum absolute atomic E-state index is 0.282. The van der Waals surface area contributed by atoms with Gasteiger partial charge in [-0.3, -0.25) is 0 Å². The van der Waals surface area contributed by atoms with Crippen molar-refractivity contribution < 1.29 is 13.6 Å². The molecule has 0 unspecified atom stereocenters. The van der Waals surface area contributed by atoms with Crippen molar-refractivity contribution in [2.45, 2.75) is 0 Å². The molecule has 3 rings (SSSR count). The third-order valence-corrected chi connectivity index (χ3v) is 2.87. The van der Waals surface area contributed by atoms with E-state index >= 15 is 0 Å². The Balaban J connectivity index is 1.70. The molecule has 0 aliphatic heterocycles. The zero-order valence-electron chi connectivity index (χ0n) is 9.48. The Kier molecular flexibility index (Phi) is 3.28. The lowest BCUT2D eigenvalue weighted by Gasteiger charge is -2.12. The molecule has 3 aromatic rings. The Labute approximate surface area is 108 Å². The zero-order valence-corrected chi connectivity index (χ0v) is 10.4. The largest absolute Gasteiger partial charge is 0.537 e. The summed E-state index contributed by atoms with van der Waals surface area (Å²) in [4.78, 5) is 20.2. The maximum Gasteiger partial charge on any atom is 0.537 e. The van der Waals surface area contributed by atoms with Crippen molar-refractivity contribution in [2.75, 3.05) is 0 Å². The van der Waals surface area contributed by atoms with Gasteiger partial charge in [-0.15, -0.1) is 0 Å². The number of nitrogens with zero attached hydrogens (tertiary/aromatic N) is 3. The fraction of sp³-hybridized carbons (Fsp3) is 0. The predicted molar refractivity (Wildman–Crippen MR) is 64.6 cm³/mol. The van der Waals surface area contributed by atoms with Crippen molar-refractivity contribution in [2.24, 2.45) is 0 Å². The summed E-state index contributed by atoms with van der Waals surface area (Å²) in [6, 6.07) is 0.845. The fourth-order valence-corrected chi connectivity index (χ4v) is 2.00. The van der Waals surface area contributed by atoms with Crippen molar-refractivity contribution in [1.82, 2.24) is 29.9 Å². The van der Waals surface area contributed by atoms with Crippen LogP contribution in [0.4, 0.5) is 0 Å². The number of hydrogen-bond donors (Lipinski definition) is 3. The second-order valence-corrected chi connectivity index (χ2v) is 4.18. The van der Waals surface area contributed by atoms with Crippen molar-refractivity contribution in [1.29, 1.82) is 0 Å². The maximum atomic E-state index is 5.43. The van der Waals surface area contributed by atoms with E-state index in [-0.39, 0.29) is 18.0 Å². The molecule has 0 fully saturated rings. The van der Waals surface area contributed by atoms with Crippen LogP contribution >= 0.6 is 8.60 Å². The van der Waals surface area contributed by atoms with E-state index in [9.17, 15) is 0 Å². The number of hydrogen-bond acceptors (Lipinski definition) is 6. The molecule has 0 bridgehead atoms. The van der Waals surface area contributed by atoms with Gasteiger partial charge in [0.15, 0.2) is 0 Å². The SMILES string of the molecule is c1c[nH]c(OP(Oc2ncc[nH]2)Oc2ncc[nH]2)n1. The number of nitrogens with one attached hydrogen (secondary N) is 3. The van der Waals surface area contributed by atoms with Gasteiger partial charge in [0.1, 0.15) is 0 Å². The minimum Gasteiger partial charge on any atom is -0.374 e. The molecule has 10 heteroatoms. The summed E-state index contributed by atoms with van der Waals surface area (Å²) < 4.78 is 16.3. The molecule has 0 aliphatic rings. The molecule has 0 saturated heterocycles. The Bertz CT molecular complexity index is 495. The molecule has 0 radical (unpaired) electrons. The first-order valence-corrected chi connectivity index (χ1v) is 6.32. The highest BCUT2D eigenvalue weighted by molar-refractivity contribution is 7.43. The van der Waals surface area contributed by atoms with Gasteiger partial charge in [-0.1, -0.05) is 0 Å². The van der Waals surface area contributed by atoms with Crippen molar-refractivity contribution >= 4 is 8.60 Å². The van der Waals surface area contributed by atoms with Crippen LogP contribution in [0.25, 0.3) is 0 Å². The van der Waals surface area contributed by atoms with Gasteiger partial charge in [0.2, 0.25) is 0 Å². The Morgan fingerprint density at radius 2 is 1.05 bits per heavy atom. The van der Waals surface area contributed by atoms with Gasteiger partial charge in [0.05, 0.1) is 0 Å². The van der Waals surface area contributed by atoms with Crippen molar-refractivity contribution in [3.8, 4) is 18.0 Å². The smallest absolute Gasteiger partial charge is 0.374 e. The molecule has 0 spiro atoms. The first kappa shape index (κ1) is 11.5. The van der Waals surface area contributed by atoms with Crippen LogP contribution in [0.15, 0.2) is 37.2 Å². The van der Waals surface area contributed by atoms with Crippen LogP contribution in [0.1, 0.15) is 0 Å². The van der Waals surface area contributed by atoms with Crippen LogP contribution < -0.4 is 13.6 Å². The number of imidazole rings is 3. The summed E-state index contributed by atoms with van der Waals surface area (Å²) in [6.07, 6.45) is 9.56. The topological polar surface area (TPSA) is 114 Å². The van der Waals surface area contributed by atoms with E-state index in [0.717, 1.165) is 0 Å². The van der Waals surface area contributed by atoms with Crippen LogP contribution in [0.5, 0.6) is 18.0 Å². The lowest BCUT2D eigenvalue weighted by Crippen LogP contribution is -2.04. The molecule has 3 aromatic heterocycles. The molecule has 0 saturated carbocycles. The molecule has 0 amide bonds. The Morgan fingerprint density at radius 3 is 1.32 bits per heavy atom.